The molecule has 0 aliphatic heterocycles. The molecule has 3 nitrogen and oxygen atoms in total. The van der Waals surface area contributed by atoms with E-state index in [1.807, 2.05) is 0 Å². The van der Waals surface area contributed by atoms with Crippen LogP contribution in [0, 0.1) is 12.3 Å². The quantitative estimate of drug-likeness (QED) is 0.673. The zero-order valence-corrected chi connectivity index (χ0v) is 6.47. The zero-order chi connectivity index (χ0) is 8.10. The van der Waals surface area contributed by atoms with Crippen LogP contribution in [0.5, 0.6) is 0 Å². The van der Waals surface area contributed by atoms with Gasteiger partial charge in [0.15, 0.2) is 0 Å². The molecule has 1 rings (SSSR count). The van der Waals surface area contributed by atoms with Gasteiger partial charge in [0.2, 0.25) is 0 Å². The third-order valence-electron chi connectivity index (χ3n) is 0.977. The van der Waals surface area contributed by atoms with Gasteiger partial charge in [0.1, 0.15) is 11.0 Å². The molecule has 1 aromatic rings. The first-order chi connectivity index (χ1) is 5.33. The summed E-state index contributed by atoms with van der Waals surface area (Å²) >= 11 is 5.56. The minimum atomic E-state index is 0.354. The minimum absolute atomic E-state index is 0.354. The Labute approximate surface area is 69.8 Å². The molecule has 1 N–H and O–H groups in total. The van der Waals surface area contributed by atoms with E-state index in [9.17, 15) is 0 Å². The van der Waals surface area contributed by atoms with E-state index in [1.54, 1.807) is 6.20 Å². The highest BCUT2D eigenvalue weighted by Gasteiger charge is 1.92. The molecule has 0 aliphatic rings. The standard InChI is InChI=1S/C7H6ClN3/c1-2-3-10-7-5-9-4-6(8)11-7/h1,4-5H,3H2,(H,10,11). The molecule has 0 saturated heterocycles. The molecule has 1 heterocycles. The molecule has 0 fully saturated rings. The van der Waals surface area contributed by atoms with Gasteiger partial charge >= 0.3 is 0 Å². The summed E-state index contributed by atoms with van der Waals surface area (Å²) in [5.41, 5.74) is 0. The molecule has 0 amide bonds. The highest BCUT2D eigenvalue weighted by atomic mass is 35.5. The zero-order valence-electron chi connectivity index (χ0n) is 5.71. The second kappa shape index (κ2) is 3.79. The van der Waals surface area contributed by atoms with E-state index in [1.165, 1.54) is 6.20 Å². The summed E-state index contributed by atoms with van der Waals surface area (Å²) in [5.74, 6) is 3.01. The topological polar surface area (TPSA) is 37.8 Å². The summed E-state index contributed by atoms with van der Waals surface area (Å²) in [5, 5.41) is 3.19. The molecule has 0 unspecified atom stereocenters. The van der Waals surface area contributed by atoms with Crippen molar-refractivity contribution in [1.29, 1.82) is 0 Å². The van der Waals surface area contributed by atoms with Gasteiger partial charge in [-0.25, -0.2) is 4.98 Å². The number of nitrogens with zero attached hydrogens (tertiary/aromatic N) is 2. The largest absolute Gasteiger partial charge is 0.358 e. The molecule has 0 aromatic carbocycles. The molecular formula is C7H6ClN3. The van der Waals surface area contributed by atoms with Gasteiger partial charge in [-0.05, 0) is 0 Å². The molecule has 0 spiro atoms. The van der Waals surface area contributed by atoms with E-state index in [0.717, 1.165) is 0 Å². The van der Waals surface area contributed by atoms with Gasteiger partial charge in [-0.3, -0.25) is 4.98 Å². The van der Waals surface area contributed by atoms with Crippen molar-refractivity contribution in [2.75, 3.05) is 11.9 Å². The normalized spacial score (nSPS) is 8.73. The van der Waals surface area contributed by atoms with Crippen molar-refractivity contribution in [3.05, 3.63) is 17.5 Å². The van der Waals surface area contributed by atoms with Crippen molar-refractivity contribution in [3.8, 4) is 12.3 Å². The minimum Gasteiger partial charge on any atom is -0.358 e. The predicted octanol–water partition coefficient (Wildman–Crippen LogP) is 1.18. The van der Waals surface area contributed by atoms with Crippen LogP contribution in [0.2, 0.25) is 5.15 Å². The molecule has 1 aromatic heterocycles. The lowest BCUT2D eigenvalue weighted by Gasteiger charge is -1.98. The Morgan fingerprint density at radius 2 is 2.45 bits per heavy atom. The summed E-state index contributed by atoms with van der Waals surface area (Å²) < 4.78 is 0. The fourth-order valence-electron chi connectivity index (χ4n) is 0.569. The first kappa shape index (κ1) is 7.83. The Hall–Kier alpha value is -1.27. The fraction of sp³-hybridized carbons (Fsp3) is 0.143. The van der Waals surface area contributed by atoms with Crippen LogP contribution in [-0.2, 0) is 0 Å². The van der Waals surface area contributed by atoms with Crippen molar-refractivity contribution >= 4 is 17.4 Å². The molecule has 4 heteroatoms. The first-order valence-corrected chi connectivity index (χ1v) is 3.35. The number of halogens is 1. The fourth-order valence-corrected chi connectivity index (χ4v) is 0.716. The van der Waals surface area contributed by atoms with E-state index in [-0.39, 0.29) is 0 Å². The average Bonchev–Trinajstić information content (AvgIpc) is 2.01. The van der Waals surface area contributed by atoms with Gasteiger partial charge in [-0.15, -0.1) is 6.42 Å². The van der Waals surface area contributed by atoms with Crippen LogP contribution in [0.3, 0.4) is 0 Å². The van der Waals surface area contributed by atoms with Crippen molar-refractivity contribution in [2.24, 2.45) is 0 Å². The summed E-state index contributed by atoms with van der Waals surface area (Å²) in [6.07, 6.45) is 8.04. The number of nitrogens with one attached hydrogen (secondary N) is 1. The maximum Gasteiger partial charge on any atom is 0.149 e. The molecule has 56 valence electrons. The third kappa shape index (κ3) is 2.44. The number of aromatic nitrogens is 2. The lowest BCUT2D eigenvalue weighted by Crippen LogP contribution is -2.00. The number of hydrogen-bond acceptors (Lipinski definition) is 3. The number of rotatable bonds is 2. The number of terminal acetylenes is 1. The molecule has 11 heavy (non-hydrogen) atoms. The van der Waals surface area contributed by atoms with Crippen LogP contribution in [0.1, 0.15) is 0 Å². The van der Waals surface area contributed by atoms with Crippen molar-refractivity contribution in [2.45, 2.75) is 0 Å². The summed E-state index contributed by atoms with van der Waals surface area (Å²) in [7, 11) is 0. The van der Waals surface area contributed by atoms with Gasteiger partial charge in [0.25, 0.3) is 0 Å². The van der Waals surface area contributed by atoms with Crippen molar-refractivity contribution < 1.29 is 0 Å². The predicted molar refractivity (Wildman–Crippen MR) is 44.4 cm³/mol. The molecule has 0 aliphatic carbocycles. The lowest BCUT2D eigenvalue weighted by molar-refractivity contribution is 1.17. The highest BCUT2D eigenvalue weighted by Crippen LogP contribution is 2.05. The number of anilines is 1. The van der Waals surface area contributed by atoms with Crippen LogP contribution >= 0.6 is 11.6 Å². The molecule has 0 saturated carbocycles. The van der Waals surface area contributed by atoms with Crippen LogP contribution in [0.15, 0.2) is 12.4 Å². The first-order valence-electron chi connectivity index (χ1n) is 2.98. The summed E-state index contributed by atoms with van der Waals surface area (Å²) in [6.45, 7) is 0.426. The summed E-state index contributed by atoms with van der Waals surface area (Å²) in [6, 6.07) is 0. The monoisotopic (exact) mass is 167 g/mol. The second-order valence-corrected chi connectivity index (χ2v) is 2.17. The second-order valence-electron chi connectivity index (χ2n) is 1.78. The lowest BCUT2D eigenvalue weighted by atomic mass is 10.6. The van der Waals surface area contributed by atoms with Crippen LogP contribution in [0.4, 0.5) is 5.82 Å². The Kier molecular flexibility index (Phi) is 2.70. The van der Waals surface area contributed by atoms with Crippen LogP contribution < -0.4 is 5.32 Å². The Morgan fingerprint density at radius 3 is 3.09 bits per heavy atom. The molecular weight excluding hydrogens is 162 g/mol. The Bertz CT molecular complexity index is 279. The SMILES string of the molecule is C#CCNc1cncc(Cl)n1. The van der Waals surface area contributed by atoms with E-state index in [2.05, 4.69) is 21.2 Å². The molecule has 0 radical (unpaired) electrons. The van der Waals surface area contributed by atoms with Crippen molar-refractivity contribution in [3.63, 3.8) is 0 Å². The van der Waals surface area contributed by atoms with Crippen molar-refractivity contribution in [1.82, 2.24) is 9.97 Å². The highest BCUT2D eigenvalue weighted by molar-refractivity contribution is 6.29. The summed E-state index contributed by atoms with van der Waals surface area (Å²) in [4.78, 5) is 7.72. The average molecular weight is 168 g/mol. The Morgan fingerprint density at radius 1 is 1.64 bits per heavy atom. The third-order valence-corrected chi connectivity index (χ3v) is 1.16. The van der Waals surface area contributed by atoms with E-state index in [4.69, 9.17) is 18.0 Å². The van der Waals surface area contributed by atoms with Gasteiger partial charge in [0.05, 0.1) is 18.9 Å². The van der Waals surface area contributed by atoms with Gasteiger partial charge in [-0.1, -0.05) is 17.5 Å². The number of hydrogen-bond donors (Lipinski definition) is 1. The van der Waals surface area contributed by atoms with Gasteiger partial charge in [0, 0.05) is 0 Å². The van der Waals surface area contributed by atoms with Gasteiger partial charge < -0.3 is 5.32 Å². The Balaban J connectivity index is 2.65. The molecule has 0 bridgehead atoms. The maximum absolute atomic E-state index is 5.56. The maximum atomic E-state index is 5.56. The van der Waals surface area contributed by atoms with Gasteiger partial charge in [-0.2, -0.15) is 0 Å². The van der Waals surface area contributed by atoms with Crippen LogP contribution in [0.25, 0.3) is 0 Å². The van der Waals surface area contributed by atoms with E-state index in [0.29, 0.717) is 17.5 Å². The van der Waals surface area contributed by atoms with Crippen LogP contribution in [-0.4, -0.2) is 16.5 Å². The smallest absolute Gasteiger partial charge is 0.149 e. The molecule has 0 atom stereocenters. The van der Waals surface area contributed by atoms with E-state index < -0.39 is 0 Å². The van der Waals surface area contributed by atoms with E-state index >= 15 is 0 Å².